The second-order valence-corrected chi connectivity index (χ2v) is 7.19. The van der Waals surface area contributed by atoms with Crippen LogP contribution in [0.25, 0.3) is 22.7 Å². The molecule has 2 aromatic heterocycles. The summed E-state index contributed by atoms with van der Waals surface area (Å²) in [5.41, 5.74) is 4.94. The van der Waals surface area contributed by atoms with Gasteiger partial charge in [0.25, 0.3) is 5.89 Å². The molecule has 5 heteroatoms. The highest BCUT2D eigenvalue weighted by atomic mass is 16.5. The van der Waals surface area contributed by atoms with Crippen molar-refractivity contribution < 1.29 is 4.52 Å². The average Bonchev–Trinajstić information content (AvgIpc) is 3.19. The molecule has 4 rings (SSSR count). The Balaban J connectivity index is 1.77. The van der Waals surface area contributed by atoms with E-state index in [1.54, 1.807) is 6.20 Å². The first-order chi connectivity index (χ1) is 13.6. The smallest absolute Gasteiger partial charge is 0.261 e. The Morgan fingerprint density at radius 3 is 2.43 bits per heavy atom. The first kappa shape index (κ1) is 18.0. The Morgan fingerprint density at radius 2 is 1.68 bits per heavy atom. The second kappa shape index (κ2) is 7.72. The van der Waals surface area contributed by atoms with E-state index in [1.807, 2.05) is 36.4 Å². The Bertz CT molecular complexity index is 1070. The Labute approximate surface area is 164 Å². The minimum Gasteiger partial charge on any atom is -0.334 e. The summed E-state index contributed by atoms with van der Waals surface area (Å²) in [6.45, 7) is 6.46. The van der Waals surface area contributed by atoms with Crippen LogP contribution in [0, 0.1) is 12.8 Å². The lowest BCUT2D eigenvalue weighted by Crippen LogP contribution is -2.11. The van der Waals surface area contributed by atoms with Gasteiger partial charge >= 0.3 is 0 Å². The number of aryl methyl sites for hydroxylation is 1. The lowest BCUT2D eigenvalue weighted by Gasteiger charge is -2.19. The molecule has 140 valence electrons. The van der Waals surface area contributed by atoms with Crippen LogP contribution >= 0.6 is 0 Å². The number of rotatable bonds is 5. The van der Waals surface area contributed by atoms with Crippen LogP contribution in [0.15, 0.2) is 71.6 Å². The van der Waals surface area contributed by atoms with Crippen LogP contribution in [0.3, 0.4) is 0 Å². The van der Waals surface area contributed by atoms with Gasteiger partial charge in [-0.05, 0) is 24.0 Å². The summed E-state index contributed by atoms with van der Waals surface area (Å²) in [7, 11) is 0. The largest absolute Gasteiger partial charge is 0.334 e. The van der Waals surface area contributed by atoms with E-state index in [0.29, 0.717) is 17.6 Å². The lowest BCUT2D eigenvalue weighted by atomic mass is 9.85. The van der Waals surface area contributed by atoms with Crippen LogP contribution in [0.2, 0.25) is 0 Å². The van der Waals surface area contributed by atoms with Gasteiger partial charge in [-0.2, -0.15) is 4.98 Å². The summed E-state index contributed by atoms with van der Waals surface area (Å²) in [6.07, 6.45) is 3.26. The molecular formula is C23H22N4O. The van der Waals surface area contributed by atoms with Gasteiger partial charge in [-0.3, -0.25) is 0 Å². The maximum atomic E-state index is 5.66. The molecule has 4 aromatic rings. The monoisotopic (exact) mass is 370 g/mol. The Morgan fingerprint density at radius 1 is 0.929 bits per heavy atom. The molecule has 2 heterocycles. The quantitative estimate of drug-likeness (QED) is 0.477. The van der Waals surface area contributed by atoms with Crippen molar-refractivity contribution in [3.8, 4) is 22.7 Å². The van der Waals surface area contributed by atoms with Gasteiger partial charge < -0.3 is 4.52 Å². The first-order valence-corrected chi connectivity index (χ1v) is 9.40. The van der Waals surface area contributed by atoms with E-state index in [-0.39, 0.29) is 5.92 Å². The zero-order chi connectivity index (χ0) is 19.5. The van der Waals surface area contributed by atoms with Gasteiger partial charge in [-0.15, -0.1) is 0 Å². The molecule has 1 unspecified atom stereocenters. The fourth-order valence-corrected chi connectivity index (χ4v) is 3.51. The predicted octanol–water partition coefficient (Wildman–Crippen LogP) is 5.29. The van der Waals surface area contributed by atoms with Crippen molar-refractivity contribution in [2.24, 2.45) is 5.92 Å². The van der Waals surface area contributed by atoms with Crippen LogP contribution in [-0.4, -0.2) is 20.1 Å². The van der Waals surface area contributed by atoms with Crippen molar-refractivity contribution in [3.63, 3.8) is 0 Å². The maximum absolute atomic E-state index is 5.66. The van der Waals surface area contributed by atoms with Crippen LogP contribution < -0.4 is 0 Å². The highest BCUT2D eigenvalue weighted by molar-refractivity contribution is 5.75. The molecule has 0 bridgehead atoms. The van der Waals surface area contributed by atoms with E-state index in [9.17, 15) is 0 Å². The third kappa shape index (κ3) is 3.43. The molecule has 0 aliphatic carbocycles. The molecule has 0 spiro atoms. The zero-order valence-corrected chi connectivity index (χ0v) is 16.2. The van der Waals surface area contributed by atoms with Gasteiger partial charge in [0.15, 0.2) is 5.82 Å². The van der Waals surface area contributed by atoms with E-state index >= 15 is 0 Å². The summed E-state index contributed by atoms with van der Waals surface area (Å²) >= 11 is 0. The molecule has 2 aromatic carbocycles. The normalized spacial score (nSPS) is 12.3. The summed E-state index contributed by atoms with van der Waals surface area (Å²) in [6, 6.07) is 18.3. The van der Waals surface area contributed by atoms with Crippen LogP contribution in [0.4, 0.5) is 0 Å². The molecule has 5 nitrogen and oxygen atoms in total. The van der Waals surface area contributed by atoms with Crippen molar-refractivity contribution in [1.29, 1.82) is 0 Å². The predicted molar refractivity (Wildman–Crippen MR) is 109 cm³/mol. The second-order valence-electron chi connectivity index (χ2n) is 7.19. The minimum absolute atomic E-state index is 0.0588. The van der Waals surface area contributed by atoms with Crippen molar-refractivity contribution >= 4 is 0 Å². The number of nitrogens with zero attached hydrogens (tertiary/aromatic N) is 4. The standard InChI is InChI=1S/C23H22N4O/c1-15(2)20(18-12-8-7-9-16(18)3)22-26-23(28-27-22)19-13-24-14-25-21(19)17-10-5-4-6-11-17/h4-15,20H,1-3H3. The van der Waals surface area contributed by atoms with Crippen LogP contribution in [0.1, 0.15) is 36.7 Å². The topological polar surface area (TPSA) is 64.7 Å². The average molecular weight is 370 g/mol. The van der Waals surface area contributed by atoms with E-state index in [1.165, 1.54) is 17.5 Å². The van der Waals surface area contributed by atoms with Crippen molar-refractivity contribution in [1.82, 2.24) is 20.1 Å². The summed E-state index contributed by atoms with van der Waals surface area (Å²) < 4.78 is 5.66. The lowest BCUT2D eigenvalue weighted by molar-refractivity contribution is 0.409. The van der Waals surface area contributed by atoms with Gasteiger partial charge in [-0.1, -0.05) is 73.6 Å². The molecular weight excluding hydrogens is 348 g/mol. The summed E-state index contributed by atoms with van der Waals surface area (Å²) in [4.78, 5) is 13.4. The molecule has 28 heavy (non-hydrogen) atoms. The molecule has 0 aliphatic rings. The third-order valence-electron chi connectivity index (χ3n) is 4.90. The molecule has 0 N–H and O–H groups in total. The van der Waals surface area contributed by atoms with Crippen molar-refractivity contribution in [3.05, 3.63) is 84.1 Å². The van der Waals surface area contributed by atoms with Crippen LogP contribution in [0.5, 0.6) is 0 Å². The zero-order valence-electron chi connectivity index (χ0n) is 16.2. The van der Waals surface area contributed by atoms with Crippen LogP contribution in [-0.2, 0) is 0 Å². The number of hydrogen-bond donors (Lipinski definition) is 0. The molecule has 0 amide bonds. The van der Waals surface area contributed by atoms with Gasteiger partial charge in [0, 0.05) is 11.8 Å². The van der Waals surface area contributed by atoms with E-state index < -0.39 is 0 Å². The Kier molecular flexibility index (Phi) is 4.98. The van der Waals surface area contributed by atoms with Crippen molar-refractivity contribution in [2.75, 3.05) is 0 Å². The number of hydrogen-bond acceptors (Lipinski definition) is 5. The van der Waals surface area contributed by atoms with Gasteiger partial charge in [0.05, 0.1) is 17.2 Å². The summed E-state index contributed by atoms with van der Waals surface area (Å²) in [5, 5.41) is 4.32. The molecule has 0 saturated heterocycles. The maximum Gasteiger partial charge on any atom is 0.261 e. The SMILES string of the molecule is Cc1ccccc1C(c1noc(-c2cncnc2-c2ccccc2)n1)C(C)C. The highest BCUT2D eigenvalue weighted by Crippen LogP contribution is 2.34. The molecule has 0 aliphatic heterocycles. The molecule has 1 atom stereocenters. The fourth-order valence-electron chi connectivity index (χ4n) is 3.51. The van der Waals surface area contributed by atoms with E-state index in [0.717, 1.165) is 16.8 Å². The fraction of sp³-hybridized carbons (Fsp3) is 0.217. The third-order valence-corrected chi connectivity index (χ3v) is 4.90. The Hall–Kier alpha value is -3.34. The summed E-state index contributed by atoms with van der Waals surface area (Å²) in [5.74, 6) is 1.51. The highest BCUT2D eigenvalue weighted by Gasteiger charge is 2.26. The molecule has 0 radical (unpaired) electrons. The molecule has 0 saturated carbocycles. The molecule has 0 fully saturated rings. The van der Waals surface area contributed by atoms with Gasteiger partial charge in [0.1, 0.15) is 6.33 Å². The number of aromatic nitrogens is 4. The van der Waals surface area contributed by atoms with E-state index in [4.69, 9.17) is 9.51 Å². The van der Waals surface area contributed by atoms with Gasteiger partial charge in [-0.25, -0.2) is 9.97 Å². The van der Waals surface area contributed by atoms with E-state index in [2.05, 4.69) is 54.1 Å². The first-order valence-electron chi connectivity index (χ1n) is 9.40. The minimum atomic E-state index is 0.0588. The van der Waals surface area contributed by atoms with Crippen molar-refractivity contribution in [2.45, 2.75) is 26.7 Å². The van der Waals surface area contributed by atoms with Gasteiger partial charge in [0.2, 0.25) is 0 Å². The number of benzene rings is 2.